The molecule has 0 bridgehead atoms. The number of carbonyl (C=O) groups is 2. The van der Waals surface area contributed by atoms with E-state index in [9.17, 15) is 9.59 Å². The zero-order valence-electron chi connectivity index (χ0n) is 31.9. The van der Waals surface area contributed by atoms with Gasteiger partial charge in [0.1, 0.15) is 0 Å². The van der Waals surface area contributed by atoms with Gasteiger partial charge in [0.05, 0.1) is 52.5 Å². The van der Waals surface area contributed by atoms with Crippen LogP contribution in [0.4, 0.5) is 0 Å². The zero-order valence-corrected chi connectivity index (χ0v) is 30.9. The van der Waals surface area contributed by atoms with Crippen LogP contribution in [0.3, 0.4) is 0 Å². The van der Waals surface area contributed by atoms with Gasteiger partial charge in [-0.3, -0.25) is 24.5 Å². The first-order chi connectivity index (χ1) is 23.7. The number of ether oxygens (including phenoxy) is 1. The molecule has 0 unspecified atom stereocenters. The number of aliphatic hydroxyl groups is 1. The Hall–Kier alpha value is -3.98. The van der Waals surface area contributed by atoms with Gasteiger partial charge in [0, 0.05) is 77.5 Å². The third-order valence-corrected chi connectivity index (χ3v) is 6.85. The monoisotopic (exact) mass is 715 g/mol. The van der Waals surface area contributed by atoms with Crippen molar-refractivity contribution in [1.29, 1.82) is 0 Å². The van der Waals surface area contributed by atoms with Gasteiger partial charge in [0.25, 0.3) is 0 Å². The number of rotatable bonds is 8. The molecule has 0 saturated carbocycles. The predicted molar refractivity (Wildman–Crippen MR) is 210 cm³/mol. The van der Waals surface area contributed by atoms with E-state index in [1.807, 2.05) is 56.8 Å². The topological polar surface area (TPSA) is 168 Å². The molecule has 1 amide bonds. The summed E-state index contributed by atoms with van der Waals surface area (Å²) in [6.07, 6.45) is 12.7. The van der Waals surface area contributed by atoms with Gasteiger partial charge in [-0.05, 0) is 83.5 Å². The van der Waals surface area contributed by atoms with E-state index in [-0.39, 0.29) is 57.4 Å². The molecule has 6 rings (SSSR count). The van der Waals surface area contributed by atoms with Gasteiger partial charge >= 0.3 is 24.8 Å². The Morgan fingerprint density at radius 1 is 0.784 bits per heavy atom. The van der Waals surface area contributed by atoms with Crippen LogP contribution in [0.15, 0.2) is 73.6 Å². The van der Waals surface area contributed by atoms with Gasteiger partial charge in [-0.15, -0.1) is 0 Å². The first kappa shape index (κ1) is 47.0. The number of fused-ring (bicyclic) bond motifs is 3. The summed E-state index contributed by atoms with van der Waals surface area (Å²) >= 11 is 0. The Kier molecular flexibility index (Phi) is 23.9. The molecule has 0 aliphatic heterocycles. The fraction of sp³-hybridized carbons (Fsp3) is 0.361. The van der Waals surface area contributed by atoms with Crippen LogP contribution < -0.4 is 24.2 Å². The summed E-state index contributed by atoms with van der Waals surface area (Å²) in [6.45, 7) is 3.27. The molecule has 6 heterocycles. The number of nitrogens with one attached hydrogen (secondary N) is 4. The van der Waals surface area contributed by atoms with Crippen LogP contribution >= 0.6 is 0 Å². The van der Waals surface area contributed by atoms with Crippen molar-refractivity contribution in [1.82, 2.24) is 45.0 Å². The predicted octanol–water partition coefficient (Wildman–Crippen LogP) is 0.152. The normalized spacial score (nSPS) is 9.76. The first-order valence-corrected chi connectivity index (χ1v) is 15.9. The number of H-pyrrole nitrogens is 3. The number of carbonyl (C=O) groups excluding carboxylic acids is 2. The minimum atomic E-state index is -0.218. The van der Waals surface area contributed by atoms with Crippen LogP contribution in [0.5, 0.6) is 0 Å². The Balaban J connectivity index is -0.000000643. The summed E-state index contributed by atoms with van der Waals surface area (Å²) in [7, 11) is 12.4. The quantitative estimate of drug-likeness (QED) is 0.109. The maximum atomic E-state index is 11.5. The molecule has 0 aromatic carbocycles. The molecule has 6 aromatic heterocycles. The van der Waals surface area contributed by atoms with Crippen molar-refractivity contribution in [3.63, 3.8) is 0 Å². The number of pyridine rings is 3. The second-order valence-corrected chi connectivity index (χ2v) is 11.1. The number of amides is 1. The van der Waals surface area contributed by atoms with E-state index in [1.165, 1.54) is 5.56 Å². The van der Waals surface area contributed by atoms with Crippen LogP contribution in [0.2, 0.25) is 0 Å². The molecule has 51 heavy (non-hydrogen) atoms. The summed E-state index contributed by atoms with van der Waals surface area (Å²) in [5.41, 5.74) is 8.99. The van der Waals surface area contributed by atoms with Crippen LogP contribution in [0.1, 0.15) is 26.5 Å². The van der Waals surface area contributed by atoms with E-state index in [1.54, 1.807) is 44.5 Å². The van der Waals surface area contributed by atoms with E-state index >= 15 is 0 Å². The Morgan fingerprint density at radius 3 is 1.57 bits per heavy atom. The number of hydrogen-bond acceptors (Lipinski definition) is 9. The SMILES string of the molecule is CCOC(=O)Cc1c[nH]c2cccnc12.CN(C)C(=O)Cc1c[nH]c2cccnc12.CN(C)CCc1c[nH]c2cccnc12.CNC.CO.[3HH].[AlH3].[H-].[Li+]. The Bertz CT molecular complexity index is 1850. The van der Waals surface area contributed by atoms with E-state index in [2.05, 4.69) is 66.5 Å². The molecule has 13 nitrogen and oxygen atoms in total. The zero-order chi connectivity index (χ0) is 36.2. The number of nitrogens with zero attached hydrogens (tertiary/aromatic N) is 5. The van der Waals surface area contributed by atoms with E-state index < -0.39 is 0 Å². The van der Waals surface area contributed by atoms with Crippen molar-refractivity contribution in [2.45, 2.75) is 26.2 Å². The fourth-order valence-electron chi connectivity index (χ4n) is 4.53. The summed E-state index contributed by atoms with van der Waals surface area (Å²) in [5, 5.41) is 9.75. The molecule has 6 aromatic rings. The second kappa shape index (κ2) is 25.9. The number of likely N-dealkylation sites (N-methyl/N-ethyl adjacent to an activating group) is 2. The minimum Gasteiger partial charge on any atom is -1.00 e. The van der Waals surface area contributed by atoms with Crippen molar-refractivity contribution in [2.75, 3.05) is 62.5 Å². The molecule has 5 N–H and O–H groups in total. The molecule has 0 fully saturated rings. The largest absolute Gasteiger partial charge is 1.00 e. The number of hydrogen-bond donors (Lipinski definition) is 5. The van der Waals surface area contributed by atoms with Gasteiger partial charge in [-0.2, -0.15) is 0 Å². The summed E-state index contributed by atoms with van der Waals surface area (Å²) in [5.74, 6) is -0.134. The Morgan fingerprint density at radius 2 is 1.18 bits per heavy atom. The first-order valence-electron chi connectivity index (χ1n) is 15.9. The molecule has 0 atom stereocenters. The van der Waals surface area contributed by atoms with Crippen LogP contribution in [-0.4, -0.2) is 137 Å². The van der Waals surface area contributed by atoms with Crippen LogP contribution in [0, 0.1) is 0 Å². The third kappa shape index (κ3) is 15.4. The third-order valence-electron chi connectivity index (χ3n) is 6.85. The maximum absolute atomic E-state index is 11.5. The van der Waals surface area contributed by atoms with Crippen molar-refractivity contribution >= 4 is 62.3 Å². The molecule has 15 heteroatoms. The number of aromatic amines is 3. The summed E-state index contributed by atoms with van der Waals surface area (Å²) in [6, 6.07) is 11.6. The summed E-state index contributed by atoms with van der Waals surface area (Å²) in [4.78, 5) is 48.8. The molecular formula is C36H57AlLiN9O4. The minimum absolute atomic E-state index is 0. The van der Waals surface area contributed by atoms with Crippen molar-refractivity contribution < 1.29 is 41.1 Å². The summed E-state index contributed by atoms with van der Waals surface area (Å²) < 4.78 is 4.88. The van der Waals surface area contributed by atoms with Gasteiger partial charge in [0.2, 0.25) is 5.91 Å². The molecular weight excluding hydrogens is 656 g/mol. The number of aromatic nitrogens is 6. The van der Waals surface area contributed by atoms with E-state index in [0.29, 0.717) is 13.0 Å². The number of esters is 1. The van der Waals surface area contributed by atoms with Crippen LogP contribution in [-0.2, 0) is 33.6 Å². The van der Waals surface area contributed by atoms with Crippen molar-refractivity contribution in [2.24, 2.45) is 0 Å². The Labute approximate surface area is 326 Å². The van der Waals surface area contributed by atoms with Crippen molar-refractivity contribution in [3.05, 3.63) is 90.3 Å². The van der Waals surface area contributed by atoms with Crippen LogP contribution in [0.25, 0.3) is 33.1 Å². The van der Waals surface area contributed by atoms with Gasteiger partial charge in [-0.1, -0.05) is 0 Å². The molecule has 274 valence electrons. The molecule has 0 radical (unpaired) electrons. The van der Waals surface area contributed by atoms with Gasteiger partial charge in [-0.25, -0.2) is 0 Å². The molecule has 0 aliphatic rings. The second-order valence-electron chi connectivity index (χ2n) is 11.1. The maximum Gasteiger partial charge on any atom is 1.00 e. The standard InChI is InChI=1S/C11H13N3O.C11H15N3.C11H12N2O2.C2H7N.CH4O.Al.Li.H2.4H/c1-14(2)10(15)6-8-7-13-9-4-3-5-12-11(8)9;1-14(2)7-5-9-8-13-10-4-3-6-12-11(9)10;1-2-15-10(14)6-8-7-13-9-4-3-5-12-11(8)9;1-3-2;1-2;;;;;;;/h3-5,7,13H,6H2,1-2H3;3-4,6,8,13H,5,7H2,1-2H3;3-5,7,13H,2,6H2,1H3;3H,1-2H3;2H,1H3;;;1H;;;;/q;;;;;;+1;;;;;-1/i;;;;;;;1+2;;;;. The van der Waals surface area contributed by atoms with Crippen molar-refractivity contribution in [3.8, 4) is 0 Å². The molecule has 0 saturated heterocycles. The van der Waals surface area contributed by atoms with E-state index in [4.69, 9.17) is 9.84 Å². The average Bonchev–Trinajstić information content (AvgIpc) is 3.83. The smallest absolute Gasteiger partial charge is 1.00 e. The van der Waals surface area contributed by atoms with E-state index in [0.717, 1.165) is 64.3 Å². The van der Waals surface area contributed by atoms with Gasteiger partial charge < -0.3 is 41.3 Å². The van der Waals surface area contributed by atoms with Gasteiger partial charge in [0.15, 0.2) is 17.4 Å². The number of aliphatic hydroxyl groups excluding tert-OH is 1. The molecule has 0 spiro atoms. The average molecular weight is 716 g/mol. The fourth-order valence-corrected chi connectivity index (χ4v) is 4.53. The molecule has 0 aliphatic carbocycles.